The van der Waals surface area contributed by atoms with Crippen LogP contribution in [0.2, 0.25) is 0 Å². The summed E-state index contributed by atoms with van der Waals surface area (Å²) in [6.45, 7) is 0.0460. The highest BCUT2D eigenvalue weighted by Gasteiger charge is 2.09. The van der Waals surface area contributed by atoms with E-state index in [4.69, 9.17) is 16.2 Å². The Bertz CT molecular complexity index is 712. The van der Waals surface area contributed by atoms with Gasteiger partial charge in [0.15, 0.2) is 11.6 Å². The topological polar surface area (TPSA) is 86.0 Å². The third-order valence-corrected chi connectivity index (χ3v) is 2.72. The highest BCUT2D eigenvalue weighted by atomic mass is 19.2. The minimum absolute atomic E-state index is 0.0460. The zero-order valence-corrected chi connectivity index (χ0v) is 11.5. The summed E-state index contributed by atoms with van der Waals surface area (Å²) in [5.41, 5.74) is 11.8. The van der Waals surface area contributed by atoms with E-state index < -0.39 is 11.6 Å². The second kappa shape index (κ2) is 7.16. The highest BCUT2D eigenvalue weighted by Crippen LogP contribution is 2.20. The lowest BCUT2D eigenvalue weighted by Gasteiger charge is -2.09. The van der Waals surface area contributed by atoms with Crippen LogP contribution in [0, 0.1) is 11.6 Å². The summed E-state index contributed by atoms with van der Waals surface area (Å²) >= 11 is 0. The molecule has 2 aromatic carbocycles. The zero-order valence-electron chi connectivity index (χ0n) is 11.5. The fourth-order valence-electron chi connectivity index (χ4n) is 1.70. The molecule has 0 amide bonds. The molecule has 0 spiro atoms. The minimum atomic E-state index is -1.02. The summed E-state index contributed by atoms with van der Waals surface area (Å²) in [7, 11) is 0. The monoisotopic (exact) mass is 304 g/mol. The van der Waals surface area contributed by atoms with Gasteiger partial charge in [0.05, 0.1) is 6.21 Å². The molecule has 0 saturated heterocycles. The number of nitrogens with two attached hydrogens (primary N) is 2. The number of hydrogen-bond acceptors (Lipinski definition) is 3. The van der Waals surface area contributed by atoms with Gasteiger partial charge in [0.25, 0.3) is 0 Å². The average Bonchev–Trinajstić information content (AvgIpc) is 2.49. The van der Waals surface area contributed by atoms with Gasteiger partial charge in [-0.1, -0.05) is 30.3 Å². The van der Waals surface area contributed by atoms with E-state index in [1.54, 1.807) is 24.3 Å². The van der Waals surface area contributed by atoms with Crippen molar-refractivity contribution < 1.29 is 13.5 Å². The van der Waals surface area contributed by atoms with Crippen LogP contribution >= 0.6 is 0 Å². The SMILES string of the molecule is NC(N)=NN=Cc1ccccc1COc1cccc(F)c1F. The Labute approximate surface area is 125 Å². The van der Waals surface area contributed by atoms with E-state index in [1.807, 2.05) is 0 Å². The lowest BCUT2D eigenvalue weighted by atomic mass is 10.1. The van der Waals surface area contributed by atoms with Crippen molar-refractivity contribution in [2.75, 3.05) is 0 Å². The Kier molecular flexibility index (Phi) is 5.02. The van der Waals surface area contributed by atoms with Gasteiger partial charge >= 0.3 is 0 Å². The molecule has 2 rings (SSSR count). The largest absolute Gasteiger partial charge is 0.486 e. The van der Waals surface area contributed by atoms with E-state index in [0.29, 0.717) is 5.56 Å². The quantitative estimate of drug-likeness (QED) is 0.504. The van der Waals surface area contributed by atoms with Crippen LogP contribution in [0.25, 0.3) is 0 Å². The van der Waals surface area contributed by atoms with Crippen LogP contribution in [0.3, 0.4) is 0 Å². The number of rotatable bonds is 5. The van der Waals surface area contributed by atoms with Crippen molar-refractivity contribution in [1.82, 2.24) is 0 Å². The van der Waals surface area contributed by atoms with E-state index in [9.17, 15) is 8.78 Å². The van der Waals surface area contributed by atoms with Crippen LogP contribution in [-0.2, 0) is 6.61 Å². The molecule has 0 fully saturated rings. The molecule has 22 heavy (non-hydrogen) atoms. The summed E-state index contributed by atoms with van der Waals surface area (Å²) < 4.78 is 31.9. The normalized spacial score (nSPS) is 10.6. The van der Waals surface area contributed by atoms with Crippen LogP contribution in [-0.4, -0.2) is 12.2 Å². The summed E-state index contributed by atoms with van der Waals surface area (Å²) in [5.74, 6) is -2.29. The fraction of sp³-hybridized carbons (Fsp3) is 0.0667. The van der Waals surface area contributed by atoms with E-state index in [2.05, 4.69) is 10.2 Å². The highest BCUT2D eigenvalue weighted by molar-refractivity contribution is 5.83. The number of benzene rings is 2. The summed E-state index contributed by atoms with van der Waals surface area (Å²) in [4.78, 5) is 0. The average molecular weight is 304 g/mol. The van der Waals surface area contributed by atoms with Crippen LogP contribution in [0.4, 0.5) is 8.78 Å². The predicted octanol–water partition coefficient (Wildman–Crippen LogP) is 2.15. The first-order chi connectivity index (χ1) is 10.6. The molecule has 7 heteroatoms. The molecule has 0 heterocycles. The Morgan fingerprint density at radius 1 is 1.09 bits per heavy atom. The molecule has 5 nitrogen and oxygen atoms in total. The third-order valence-electron chi connectivity index (χ3n) is 2.72. The van der Waals surface area contributed by atoms with Crippen molar-refractivity contribution in [3.05, 3.63) is 65.2 Å². The lowest BCUT2D eigenvalue weighted by Crippen LogP contribution is -2.21. The summed E-state index contributed by atoms with van der Waals surface area (Å²) in [6, 6.07) is 10.9. The Morgan fingerprint density at radius 3 is 2.64 bits per heavy atom. The van der Waals surface area contributed by atoms with Gasteiger partial charge in [0.1, 0.15) is 6.61 Å². The van der Waals surface area contributed by atoms with Gasteiger partial charge in [-0.2, -0.15) is 9.49 Å². The van der Waals surface area contributed by atoms with Crippen molar-refractivity contribution in [3.8, 4) is 5.75 Å². The van der Waals surface area contributed by atoms with Crippen molar-refractivity contribution in [3.63, 3.8) is 0 Å². The summed E-state index contributed by atoms with van der Waals surface area (Å²) in [5, 5.41) is 7.21. The van der Waals surface area contributed by atoms with Crippen molar-refractivity contribution in [2.45, 2.75) is 6.61 Å². The lowest BCUT2D eigenvalue weighted by molar-refractivity contribution is 0.284. The van der Waals surface area contributed by atoms with Gasteiger partial charge in [-0.25, -0.2) is 4.39 Å². The molecule has 0 radical (unpaired) electrons. The molecule has 0 aliphatic heterocycles. The van der Waals surface area contributed by atoms with Gasteiger partial charge in [0, 0.05) is 5.56 Å². The molecule has 0 unspecified atom stereocenters. The Balaban J connectivity index is 2.15. The second-order valence-electron chi connectivity index (χ2n) is 4.31. The molecule has 0 atom stereocenters. The van der Waals surface area contributed by atoms with Gasteiger partial charge in [-0.05, 0) is 17.7 Å². The first-order valence-electron chi connectivity index (χ1n) is 6.34. The first-order valence-corrected chi connectivity index (χ1v) is 6.34. The molecule has 0 aromatic heterocycles. The van der Waals surface area contributed by atoms with Crippen molar-refractivity contribution in [2.24, 2.45) is 21.7 Å². The number of guanidine groups is 1. The zero-order chi connectivity index (χ0) is 15.9. The van der Waals surface area contributed by atoms with Gasteiger partial charge in [-0.3, -0.25) is 0 Å². The maximum absolute atomic E-state index is 13.5. The molecule has 0 aliphatic carbocycles. The van der Waals surface area contributed by atoms with Gasteiger partial charge in [-0.15, -0.1) is 5.10 Å². The standard InChI is InChI=1S/C15H14F2N4O/c16-12-6-3-7-13(14(12)17)22-9-11-5-2-1-4-10(11)8-20-21-15(18)19/h1-8H,9H2,(H4,18,19,21). The van der Waals surface area contributed by atoms with Crippen LogP contribution in [0.15, 0.2) is 52.7 Å². The van der Waals surface area contributed by atoms with E-state index in [-0.39, 0.29) is 18.3 Å². The van der Waals surface area contributed by atoms with Crippen LogP contribution in [0.1, 0.15) is 11.1 Å². The molecule has 0 saturated carbocycles. The van der Waals surface area contributed by atoms with Crippen molar-refractivity contribution >= 4 is 12.2 Å². The minimum Gasteiger partial charge on any atom is -0.486 e. The van der Waals surface area contributed by atoms with Crippen LogP contribution < -0.4 is 16.2 Å². The smallest absolute Gasteiger partial charge is 0.211 e. The van der Waals surface area contributed by atoms with E-state index in [1.165, 1.54) is 18.3 Å². The Hall–Kier alpha value is -2.96. The molecule has 114 valence electrons. The van der Waals surface area contributed by atoms with E-state index >= 15 is 0 Å². The summed E-state index contributed by atoms with van der Waals surface area (Å²) in [6.07, 6.45) is 1.44. The van der Waals surface area contributed by atoms with Gasteiger partial charge < -0.3 is 16.2 Å². The molecular formula is C15H14F2N4O. The third kappa shape index (κ3) is 4.02. The van der Waals surface area contributed by atoms with E-state index in [0.717, 1.165) is 11.6 Å². The number of nitrogens with zero attached hydrogens (tertiary/aromatic N) is 2. The van der Waals surface area contributed by atoms with Crippen LogP contribution in [0.5, 0.6) is 5.75 Å². The van der Waals surface area contributed by atoms with Crippen molar-refractivity contribution in [1.29, 1.82) is 0 Å². The maximum Gasteiger partial charge on any atom is 0.211 e. The maximum atomic E-state index is 13.5. The molecule has 4 N–H and O–H groups in total. The number of hydrogen-bond donors (Lipinski definition) is 2. The second-order valence-corrected chi connectivity index (χ2v) is 4.31. The fourth-order valence-corrected chi connectivity index (χ4v) is 1.70. The first kappa shape index (κ1) is 15.4. The molecule has 0 bridgehead atoms. The Morgan fingerprint density at radius 2 is 1.86 bits per heavy atom. The molecule has 0 aliphatic rings. The van der Waals surface area contributed by atoms with Gasteiger partial charge in [0.2, 0.25) is 11.8 Å². The molecular weight excluding hydrogens is 290 g/mol. The molecule has 2 aromatic rings. The predicted molar refractivity (Wildman–Crippen MR) is 80.5 cm³/mol. The number of ether oxygens (including phenoxy) is 1. The number of halogens is 2.